The summed E-state index contributed by atoms with van der Waals surface area (Å²) in [6.45, 7) is 0. The summed E-state index contributed by atoms with van der Waals surface area (Å²) in [5.74, 6) is 1.46. The third kappa shape index (κ3) is 1.96. The summed E-state index contributed by atoms with van der Waals surface area (Å²) in [7, 11) is 0. The number of halogens is 2. The number of nitrogens with zero attached hydrogens (tertiary/aromatic N) is 1. The van der Waals surface area contributed by atoms with Gasteiger partial charge in [0, 0.05) is 11.5 Å². The molecule has 2 bridgehead atoms. The highest BCUT2D eigenvalue weighted by Crippen LogP contribution is 2.55. The lowest BCUT2D eigenvalue weighted by molar-refractivity contribution is 0.375. The fraction of sp³-hybridized carbons (Fsp3) is 0.438. The van der Waals surface area contributed by atoms with Crippen LogP contribution in [0.4, 0.5) is 10.3 Å². The maximum Gasteiger partial charge on any atom is 0.230 e. The van der Waals surface area contributed by atoms with Crippen LogP contribution in [-0.2, 0) is 0 Å². The van der Waals surface area contributed by atoms with Crippen molar-refractivity contribution in [2.24, 2.45) is 11.8 Å². The van der Waals surface area contributed by atoms with E-state index in [2.05, 4.69) is 5.16 Å². The molecular weight excluding hydrogens is 291 g/mol. The molecule has 0 spiro atoms. The summed E-state index contributed by atoms with van der Waals surface area (Å²) in [4.78, 5) is 0. The minimum Gasteiger partial charge on any atom is -0.367 e. The van der Waals surface area contributed by atoms with E-state index in [9.17, 15) is 4.39 Å². The summed E-state index contributed by atoms with van der Waals surface area (Å²) < 4.78 is 19.4. The smallest absolute Gasteiger partial charge is 0.230 e. The van der Waals surface area contributed by atoms with E-state index in [0.29, 0.717) is 28.0 Å². The minimum atomic E-state index is -0.387. The predicted molar refractivity (Wildman–Crippen MR) is 79.5 cm³/mol. The lowest BCUT2D eigenvalue weighted by atomic mass is 9.84. The molecule has 0 amide bonds. The number of nitrogens with two attached hydrogens (primary N) is 1. The Morgan fingerprint density at radius 3 is 2.76 bits per heavy atom. The molecular formula is C16H16ClFN2O. The largest absolute Gasteiger partial charge is 0.367 e. The van der Waals surface area contributed by atoms with Crippen LogP contribution >= 0.6 is 11.6 Å². The molecule has 1 aromatic heterocycles. The highest BCUT2D eigenvalue weighted by Gasteiger charge is 2.43. The Labute approximate surface area is 127 Å². The van der Waals surface area contributed by atoms with Crippen LogP contribution in [0.25, 0.3) is 11.1 Å². The van der Waals surface area contributed by atoms with Gasteiger partial charge in [-0.05, 0) is 43.2 Å². The van der Waals surface area contributed by atoms with E-state index in [4.69, 9.17) is 21.9 Å². The first-order valence-corrected chi connectivity index (χ1v) is 7.72. The maximum absolute atomic E-state index is 14.2. The number of fused-ring (bicyclic) bond motifs is 2. The van der Waals surface area contributed by atoms with Gasteiger partial charge < -0.3 is 10.3 Å². The summed E-state index contributed by atoms with van der Waals surface area (Å²) >= 11 is 6.19. The first kappa shape index (κ1) is 13.1. The molecule has 5 heteroatoms. The fourth-order valence-corrected chi connectivity index (χ4v) is 4.39. The van der Waals surface area contributed by atoms with Gasteiger partial charge in [0.1, 0.15) is 5.82 Å². The number of benzene rings is 1. The Morgan fingerprint density at radius 1 is 1.24 bits per heavy atom. The quantitative estimate of drug-likeness (QED) is 0.880. The van der Waals surface area contributed by atoms with Crippen LogP contribution in [0.1, 0.15) is 37.3 Å². The molecule has 3 unspecified atom stereocenters. The van der Waals surface area contributed by atoms with Crippen molar-refractivity contribution in [1.29, 1.82) is 0 Å². The van der Waals surface area contributed by atoms with Crippen LogP contribution in [-0.4, -0.2) is 5.16 Å². The van der Waals surface area contributed by atoms with Crippen LogP contribution in [0.3, 0.4) is 0 Å². The van der Waals surface area contributed by atoms with Crippen molar-refractivity contribution in [1.82, 2.24) is 5.16 Å². The highest BCUT2D eigenvalue weighted by atomic mass is 35.5. The number of hydrogen-bond donors (Lipinski definition) is 1. The van der Waals surface area contributed by atoms with Gasteiger partial charge >= 0.3 is 0 Å². The van der Waals surface area contributed by atoms with Gasteiger partial charge in [0.05, 0.1) is 16.3 Å². The summed E-state index contributed by atoms with van der Waals surface area (Å²) in [6, 6.07) is 4.64. The van der Waals surface area contributed by atoms with Crippen molar-refractivity contribution in [3.8, 4) is 11.1 Å². The Bertz CT molecular complexity index is 679. The van der Waals surface area contributed by atoms with Crippen molar-refractivity contribution >= 4 is 17.5 Å². The van der Waals surface area contributed by atoms with Gasteiger partial charge in [-0.25, -0.2) is 4.39 Å². The molecule has 4 rings (SSSR count). The maximum atomic E-state index is 14.2. The number of nitrogen functional groups attached to an aromatic ring is 1. The van der Waals surface area contributed by atoms with Gasteiger partial charge in [0.25, 0.3) is 0 Å². The van der Waals surface area contributed by atoms with Gasteiger partial charge in [0.15, 0.2) is 0 Å². The zero-order chi connectivity index (χ0) is 14.6. The van der Waals surface area contributed by atoms with Gasteiger partial charge in [-0.15, -0.1) is 0 Å². The van der Waals surface area contributed by atoms with Crippen LogP contribution in [0.5, 0.6) is 0 Å². The monoisotopic (exact) mass is 306 g/mol. The molecule has 0 saturated heterocycles. The van der Waals surface area contributed by atoms with E-state index in [-0.39, 0.29) is 11.7 Å². The predicted octanol–water partition coefficient (Wildman–Crippen LogP) is 4.62. The van der Waals surface area contributed by atoms with Crippen LogP contribution < -0.4 is 5.73 Å². The Balaban J connectivity index is 1.85. The Kier molecular flexibility index (Phi) is 2.96. The number of anilines is 1. The average molecular weight is 307 g/mol. The third-order valence-electron chi connectivity index (χ3n) is 5.05. The Hall–Kier alpha value is -1.55. The second-order valence-corrected chi connectivity index (χ2v) is 6.59. The molecule has 2 fully saturated rings. The van der Waals surface area contributed by atoms with E-state index in [0.717, 1.165) is 18.0 Å². The summed E-state index contributed by atoms with van der Waals surface area (Å²) in [6.07, 6.45) is 4.84. The van der Waals surface area contributed by atoms with E-state index >= 15 is 0 Å². The van der Waals surface area contributed by atoms with Crippen molar-refractivity contribution in [3.05, 3.63) is 34.7 Å². The van der Waals surface area contributed by atoms with Crippen molar-refractivity contribution < 1.29 is 8.91 Å². The van der Waals surface area contributed by atoms with Gasteiger partial charge in [0.2, 0.25) is 5.88 Å². The van der Waals surface area contributed by atoms with E-state index < -0.39 is 0 Å². The summed E-state index contributed by atoms with van der Waals surface area (Å²) in [5, 5.41) is 4.49. The second-order valence-electron chi connectivity index (χ2n) is 6.19. The molecule has 3 atom stereocenters. The Morgan fingerprint density at radius 2 is 2.10 bits per heavy atom. The van der Waals surface area contributed by atoms with Crippen LogP contribution in [0, 0.1) is 17.7 Å². The molecule has 2 aliphatic rings. The molecule has 1 aromatic carbocycles. The standard InChI is InChI=1S/C16H16ClFN2O/c17-11-2-1-3-12(18)13(11)14-15(20-21-16(14)19)10-7-8-4-5-9(10)6-8/h1-3,8-10H,4-7,19H2. The molecule has 2 N–H and O–H groups in total. The number of rotatable bonds is 2. The molecule has 3 nitrogen and oxygen atoms in total. The number of aromatic nitrogens is 1. The lowest BCUT2D eigenvalue weighted by Gasteiger charge is -2.20. The topological polar surface area (TPSA) is 52.0 Å². The second kappa shape index (κ2) is 4.73. The number of hydrogen-bond acceptors (Lipinski definition) is 3. The first-order valence-electron chi connectivity index (χ1n) is 7.34. The SMILES string of the molecule is Nc1onc(C2CC3CCC2C3)c1-c1c(F)cccc1Cl. The van der Waals surface area contributed by atoms with E-state index in [1.54, 1.807) is 12.1 Å². The molecule has 1 heterocycles. The zero-order valence-corrected chi connectivity index (χ0v) is 12.2. The normalized spacial score (nSPS) is 27.4. The third-order valence-corrected chi connectivity index (χ3v) is 5.36. The molecule has 2 aliphatic carbocycles. The van der Waals surface area contributed by atoms with E-state index in [1.165, 1.54) is 25.3 Å². The van der Waals surface area contributed by atoms with Gasteiger partial charge in [-0.2, -0.15) is 0 Å². The average Bonchev–Trinajstić information content (AvgIpc) is 3.15. The van der Waals surface area contributed by atoms with E-state index in [1.807, 2.05) is 0 Å². The van der Waals surface area contributed by atoms with Crippen molar-refractivity contribution in [3.63, 3.8) is 0 Å². The summed E-state index contributed by atoms with van der Waals surface area (Å²) in [5.41, 5.74) is 7.57. The van der Waals surface area contributed by atoms with Crippen molar-refractivity contribution in [2.75, 3.05) is 5.73 Å². The van der Waals surface area contributed by atoms with Crippen molar-refractivity contribution in [2.45, 2.75) is 31.6 Å². The van der Waals surface area contributed by atoms with Crippen LogP contribution in [0.2, 0.25) is 5.02 Å². The molecule has 0 radical (unpaired) electrons. The van der Waals surface area contributed by atoms with Gasteiger partial charge in [-0.3, -0.25) is 0 Å². The lowest BCUT2D eigenvalue weighted by Crippen LogP contribution is -2.10. The fourth-order valence-electron chi connectivity index (χ4n) is 4.14. The van der Waals surface area contributed by atoms with Crippen LogP contribution in [0.15, 0.2) is 22.7 Å². The minimum absolute atomic E-state index is 0.153. The van der Waals surface area contributed by atoms with Gasteiger partial charge in [-0.1, -0.05) is 29.2 Å². The molecule has 2 aromatic rings. The first-order chi connectivity index (χ1) is 10.1. The zero-order valence-electron chi connectivity index (χ0n) is 11.5. The molecule has 21 heavy (non-hydrogen) atoms. The molecule has 110 valence electrons. The molecule has 2 saturated carbocycles. The molecule has 0 aliphatic heterocycles. The highest BCUT2D eigenvalue weighted by molar-refractivity contribution is 6.33.